The molecule has 0 aliphatic heterocycles. The molecule has 0 aliphatic rings. The van der Waals surface area contributed by atoms with Gasteiger partial charge in [0, 0.05) is 20.0 Å². The van der Waals surface area contributed by atoms with Gasteiger partial charge in [0.1, 0.15) is 5.82 Å². The fraction of sp³-hybridized carbons (Fsp3) is 0.300. The third kappa shape index (κ3) is 3.40. The zero-order chi connectivity index (χ0) is 11.3. The second-order valence-electron chi connectivity index (χ2n) is 2.95. The molecule has 0 unspecified atom stereocenters. The molecule has 0 aliphatic carbocycles. The van der Waals surface area contributed by atoms with Gasteiger partial charge in [-0.3, -0.25) is 4.79 Å². The van der Waals surface area contributed by atoms with E-state index in [1.165, 1.54) is 12.1 Å². The number of carbonyl (C=O) groups excluding carboxylic acids is 1. The molecule has 3 nitrogen and oxygen atoms in total. The molecular weight excluding hydrogens is 219 g/mol. The van der Waals surface area contributed by atoms with Gasteiger partial charge in [0.15, 0.2) is 0 Å². The normalized spacial score (nSPS) is 9.80. The van der Waals surface area contributed by atoms with Crippen LogP contribution in [0.25, 0.3) is 0 Å². The van der Waals surface area contributed by atoms with Gasteiger partial charge in [-0.2, -0.15) is 0 Å². The molecule has 0 atom stereocenters. The van der Waals surface area contributed by atoms with Crippen LogP contribution in [0.4, 0.5) is 10.1 Å². The first-order valence-corrected chi connectivity index (χ1v) is 4.91. The van der Waals surface area contributed by atoms with E-state index in [4.69, 9.17) is 11.6 Å². The summed E-state index contributed by atoms with van der Waals surface area (Å²) in [6.45, 7) is 0.348. The van der Waals surface area contributed by atoms with Crippen LogP contribution >= 0.6 is 11.6 Å². The number of rotatable bonds is 4. The number of carbonyl (C=O) groups is 1. The molecule has 82 valence electrons. The van der Waals surface area contributed by atoms with Crippen molar-refractivity contribution in [2.45, 2.75) is 6.42 Å². The third-order valence-electron chi connectivity index (χ3n) is 1.90. The molecule has 1 aromatic rings. The van der Waals surface area contributed by atoms with E-state index in [1.54, 1.807) is 13.1 Å². The highest BCUT2D eigenvalue weighted by Gasteiger charge is 2.06. The molecule has 0 saturated carbocycles. The molecule has 0 saturated heterocycles. The van der Waals surface area contributed by atoms with Crippen molar-refractivity contribution in [2.75, 3.05) is 18.9 Å². The summed E-state index contributed by atoms with van der Waals surface area (Å²) in [5.41, 5.74) is 0.239. The van der Waals surface area contributed by atoms with Gasteiger partial charge in [-0.05, 0) is 12.1 Å². The summed E-state index contributed by atoms with van der Waals surface area (Å²) >= 11 is 5.78. The number of nitrogens with one attached hydrogen (secondary N) is 2. The Bertz CT molecular complexity index is 337. The van der Waals surface area contributed by atoms with Crippen LogP contribution < -0.4 is 10.6 Å². The Morgan fingerprint density at radius 1 is 1.53 bits per heavy atom. The molecule has 2 N–H and O–H groups in total. The Morgan fingerprint density at radius 2 is 2.27 bits per heavy atom. The molecule has 0 bridgehead atoms. The quantitative estimate of drug-likeness (QED) is 0.831. The van der Waals surface area contributed by atoms with Gasteiger partial charge in [-0.15, -0.1) is 0 Å². The second-order valence-corrected chi connectivity index (χ2v) is 3.35. The van der Waals surface area contributed by atoms with Crippen LogP contribution in [0.2, 0.25) is 5.02 Å². The zero-order valence-electron chi connectivity index (χ0n) is 8.31. The second kappa shape index (κ2) is 5.56. The Balaban J connectivity index is 2.54. The molecule has 0 aromatic heterocycles. The molecule has 15 heavy (non-hydrogen) atoms. The summed E-state index contributed by atoms with van der Waals surface area (Å²) in [4.78, 5) is 10.9. The first kappa shape index (κ1) is 11.8. The van der Waals surface area contributed by atoms with Crippen LogP contribution in [0, 0.1) is 5.82 Å². The van der Waals surface area contributed by atoms with Gasteiger partial charge in [-0.25, -0.2) is 4.39 Å². The van der Waals surface area contributed by atoms with E-state index < -0.39 is 5.82 Å². The highest BCUT2D eigenvalue weighted by Crippen LogP contribution is 2.24. The summed E-state index contributed by atoms with van der Waals surface area (Å²) in [7, 11) is 1.55. The van der Waals surface area contributed by atoms with E-state index in [-0.39, 0.29) is 18.0 Å². The Kier molecular flexibility index (Phi) is 4.37. The van der Waals surface area contributed by atoms with Crippen LogP contribution in [0.1, 0.15) is 6.42 Å². The van der Waals surface area contributed by atoms with Crippen molar-refractivity contribution in [3.05, 3.63) is 29.0 Å². The average Bonchev–Trinajstić information content (AvgIpc) is 2.22. The minimum Gasteiger partial charge on any atom is -0.381 e. The summed E-state index contributed by atoms with van der Waals surface area (Å²) in [6, 6.07) is 4.43. The van der Waals surface area contributed by atoms with Crippen molar-refractivity contribution >= 4 is 23.2 Å². The average molecular weight is 231 g/mol. The molecule has 5 heteroatoms. The van der Waals surface area contributed by atoms with Crippen LogP contribution in [0.3, 0.4) is 0 Å². The predicted molar refractivity (Wildman–Crippen MR) is 58.6 cm³/mol. The standard InChI is InChI=1S/C10H12ClFN2O/c1-13-9(15)5-6-14-10-7(11)3-2-4-8(10)12/h2-4,14H,5-6H2,1H3,(H,13,15). The Labute approximate surface area is 92.6 Å². The monoisotopic (exact) mass is 230 g/mol. The van der Waals surface area contributed by atoms with E-state index in [0.29, 0.717) is 11.6 Å². The van der Waals surface area contributed by atoms with E-state index in [2.05, 4.69) is 10.6 Å². The first-order chi connectivity index (χ1) is 7.15. The summed E-state index contributed by atoms with van der Waals surface area (Å²) < 4.78 is 13.2. The predicted octanol–water partition coefficient (Wildman–Crippen LogP) is 2.03. The molecule has 0 spiro atoms. The Hall–Kier alpha value is -1.29. The number of halogens is 2. The van der Waals surface area contributed by atoms with Crippen molar-refractivity contribution in [1.29, 1.82) is 0 Å². The summed E-state index contributed by atoms with van der Waals surface area (Å²) in [5, 5.41) is 5.57. The number of hydrogen-bond acceptors (Lipinski definition) is 2. The van der Waals surface area contributed by atoms with Crippen molar-refractivity contribution in [3.8, 4) is 0 Å². The van der Waals surface area contributed by atoms with Crippen molar-refractivity contribution in [3.63, 3.8) is 0 Å². The summed E-state index contributed by atoms with van der Waals surface area (Å²) in [5.74, 6) is -0.519. The number of amides is 1. The summed E-state index contributed by atoms with van der Waals surface area (Å²) in [6.07, 6.45) is 0.279. The fourth-order valence-electron chi connectivity index (χ4n) is 1.09. The van der Waals surface area contributed by atoms with Gasteiger partial charge in [0.2, 0.25) is 5.91 Å². The molecule has 1 aromatic carbocycles. The van der Waals surface area contributed by atoms with Crippen LogP contribution in [0.5, 0.6) is 0 Å². The number of anilines is 1. The van der Waals surface area contributed by atoms with E-state index in [1.807, 2.05) is 0 Å². The van der Waals surface area contributed by atoms with Gasteiger partial charge in [-0.1, -0.05) is 17.7 Å². The van der Waals surface area contributed by atoms with Gasteiger partial charge in [0.05, 0.1) is 10.7 Å². The fourth-order valence-corrected chi connectivity index (χ4v) is 1.32. The highest BCUT2D eigenvalue weighted by molar-refractivity contribution is 6.33. The van der Waals surface area contributed by atoms with E-state index in [9.17, 15) is 9.18 Å². The van der Waals surface area contributed by atoms with Crippen LogP contribution in [0.15, 0.2) is 18.2 Å². The molecule has 0 heterocycles. The van der Waals surface area contributed by atoms with Gasteiger partial charge >= 0.3 is 0 Å². The molecule has 0 radical (unpaired) electrons. The first-order valence-electron chi connectivity index (χ1n) is 4.53. The maximum Gasteiger partial charge on any atom is 0.221 e. The maximum absolute atomic E-state index is 13.2. The highest BCUT2D eigenvalue weighted by atomic mass is 35.5. The molecule has 1 rings (SSSR count). The zero-order valence-corrected chi connectivity index (χ0v) is 9.07. The largest absolute Gasteiger partial charge is 0.381 e. The minimum atomic E-state index is -0.417. The van der Waals surface area contributed by atoms with Gasteiger partial charge in [0.25, 0.3) is 0 Å². The van der Waals surface area contributed by atoms with Crippen molar-refractivity contribution in [1.82, 2.24) is 5.32 Å². The smallest absolute Gasteiger partial charge is 0.221 e. The maximum atomic E-state index is 13.2. The lowest BCUT2D eigenvalue weighted by molar-refractivity contribution is -0.120. The van der Waals surface area contributed by atoms with E-state index >= 15 is 0 Å². The van der Waals surface area contributed by atoms with Crippen LogP contribution in [-0.4, -0.2) is 19.5 Å². The lowest BCUT2D eigenvalue weighted by Crippen LogP contribution is -2.21. The van der Waals surface area contributed by atoms with Gasteiger partial charge < -0.3 is 10.6 Å². The number of hydrogen-bond donors (Lipinski definition) is 2. The Morgan fingerprint density at radius 3 is 2.87 bits per heavy atom. The topological polar surface area (TPSA) is 41.1 Å². The SMILES string of the molecule is CNC(=O)CCNc1c(F)cccc1Cl. The molecule has 0 fully saturated rings. The lowest BCUT2D eigenvalue weighted by atomic mass is 10.3. The van der Waals surface area contributed by atoms with E-state index in [0.717, 1.165) is 0 Å². The van der Waals surface area contributed by atoms with Crippen LogP contribution in [-0.2, 0) is 4.79 Å². The third-order valence-corrected chi connectivity index (χ3v) is 2.21. The van der Waals surface area contributed by atoms with Crippen molar-refractivity contribution < 1.29 is 9.18 Å². The molecular formula is C10H12ClFN2O. The lowest BCUT2D eigenvalue weighted by Gasteiger charge is -2.08. The molecule has 1 amide bonds. The minimum absolute atomic E-state index is 0.102. The number of para-hydroxylation sites is 1. The number of benzene rings is 1. The van der Waals surface area contributed by atoms with Crippen molar-refractivity contribution in [2.24, 2.45) is 0 Å².